The lowest BCUT2D eigenvalue weighted by Crippen LogP contribution is -2.01. The minimum Gasteiger partial charge on any atom is -0.358 e. The van der Waals surface area contributed by atoms with E-state index in [9.17, 15) is 0 Å². The Morgan fingerprint density at radius 1 is 1.25 bits per heavy atom. The SMILES string of the molecule is C/C=C\C(=C/CCC)[C@H](C)c1[nH]c2ccc(Cl)cc2c1CCCC. The van der Waals surface area contributed by atoms with Crippen LogP contribution in [0.1, 0.15) is 70.6 Å². The number of hydrogen-bond donors (Lipinski definition) is 1. The molecule has 1 N–H and O–H groups in total. The maximum atomic E-state index is 6.26. The molecule has 0 radical (unpaired) electrons. The van der Waals surface area contributed by atoms with E-state index < -0.39 is 0 Å². The third-order valence-electron chi connectivity index (χ3n) is 4.64. The summed E-state index contributed by atoms with van der Waals surface area (Å²) in [4.78, 5) is 3.68. The lowest BCUT2D eigenvalue weighted by molar-refractivity contribution is 0.773. The van der Waals surface area contributed by atoms with Crippen LogP contribution in [0, 0.1) is 0 Å². The van der Waals surface area contributed by atoms with Crippen molar-refractivity contribution in [2.75, 3.05) is 0 Å². The van der Waals surface area contributed by atoms with Crippen LogP contribution in [0.4, 0.5) is 0 Å². The number of allylic oxidation sites excluding steroid dienone is 4. The van der Waals surface area contributed by atoms with Crippen LogP contribution in [-0.2, 0) is 6.42 Å². The molecule has 0 amide bonds. The molecule has 2 rings (SSSR count). The lowest BCUT2D eigenvalue weighted by atomic mass is 9.91. The van der Waals surface area contributed by atoms with Crippen LogP contribution in [0.2, 0.25) is 5.02 Å². The van der Waals surface area contributed by atoms with E-state index in [0.29, 0.717) is 5.92 Å². The number of hydrogen-bond acceptors (Lipinski definition) is 0. The van der Waals surface area contributed by atoms with Gasteiger partial charge in [0.2, 0.25) is 0 Å². The molecule has 1 heterocycles. The van der Waals surface area contributed by atoms with Crippen molar-refractivity contribution in [3.8, 4) is 0 Å². The molecule has 24 heavy (non-hydrogen) atoms. The van der Waals surface area contributed by atoms with Gasteiger partial charge in [0.15, 0.2) is 0 Å². The van der Waals surface area contributed by atoms with Crippen molar-refractivity contribution in [3.05, 3.63) is 58.3 Å². The molecule has 0 fully saturated rings. The molecule has 0 aliphatic rings. The first-order chi connectivity index (χ1) is 11.6. The zero-order chi connectivity index (χ0) is 17.5. The fraction of sp³-hybridized carbons (Fsp3) is 0.455. The monoisotopic (exact) mass is 343 g/mol. The Balaban J connectivity index is 2.52. The number of nitrogens with one attached hydrogen (secondary N) is 1. The molecule has 1 nitrogen and oxygen atoms in total. The summed E-state index contributed by atoms with van der Waals surface area (Å²) in [7, 11) is 0. The van der Waals surface area contributed by atoms with Crippen LogP contribution in [-0.4, -0.2) is 4.98 Å². The summed E-state index contributed by atoms with van der Waals surface area (Å²) >= 11 is 6.26. The number of unbranched alkanes of at least 4 members (excludes halogenated alkanes) is 2. The number of aromatic amines is 1. The second-order valence-electron chi connectivity index (χ2n) is 6.53. The van der Waals surface area contributed by atoms with Gasteiger partial charge in [-0.3, -0.25) is 0 Å². The summed E-state index contributed by atoms with van der Waals surface area (Å²) in [6.07, 6.45) is 12.6. The molecule has 0 spiro atoms. The highest BCUT2D eigenvalue weighted by Gasteiger charge is 2.18. The molecular weight excluding hydrogens is 314 g/mol. The van der Waals surface area contributed by atoms with Gasteiger partial charge in [-0.15, -0.1) is 0 Å². The van der Waals surface area contributed by atoms with Crippen LogP contribution in [0.15, 0.2) is 42.0 Å². The van der Waals surface area contributed by atoms with Gasteiger partial charge in [-0.05, 0) is 55.5 Å². The summed E-state index contributed by atoms with van der Waals surface area (Å²) in [5.41, 5.74) is 5.38. The first kappa shape index (κ1) is 18.9. The second kappa shape index (κ2) is 9.13. The zero-order valence-corrected chi connectivity index (χ0v) is 16.2. The molecule has 2 aromatic rings. The van der Waals surface area contributed by atoms with Crippen molar-refractivity contribution in [2.24, 2.45) is 0 Å². The summed E-state index contributed by atoms with van der Waals surface area (Å²) in [6, 6.07) is 6.19. The fourth-order valence-electron chi connectivity index (χ4n) is 3.29. The third kappa shape index (κ3) is 4.33. The van der Waals surface area contributed by atoms with E-state index in [1.165, 1.54) is 47.0 Å². The number of fused-ring (bicyclic) bond motifs is 1. The number of benzene rings is 1. The molecule has 0 saturated heterocycles. The topological polar surface area (TPSA) is 15.8 Å². The quantitative estimate of drug-likeness (QED) is 0.475. The molecule has 0 bridgehead atoms. The van der Waals surface area contributed by atoms with Crippen LogP contribution in [0.3, 0.4) is 0 Å². The first-order valence-corrected chi connectivity index (χ1v) is 9.62. The van der Waals surface area contributed by atoms with Crippen molar-refractivity contribution in [3.63, 3.8) is 0 Å². The molecular formula is C22H30ClN. The molecule has 0 unspecified atom stereocenters. The van der Waals surface area contributed by atoms with Gasteiger partial charge < -0.3 is 4.98 Å². The Kier molecular flexibility index (Phi) is 7.17. The lowest BCUT2D eigenvalue weighted by Gasteiger charge is -2.15. The average Bonchev–Trinajstić information content (AvgIpc) is 2.93. The predicted octanol–water partition coefficient (Wildman–Crippen LogP) is 7.57. The molecule has 1 atom stereocenters. The molecule has 0 aliphatic carbocycles. The third-order valence-corrected chi connectivity index (χ3v) is 4.88. The number of aromatic nitrogens is 1. The molecule has 130 valence electrons. The maximum Gasteiger partial charge on any atom is 0.0460 e. The van der Waals surface area contributed by atoms with E-state index in [1.807, 2.05) is 6.07 Å². The van der Waals surface area contributed by atoms with Crippen molar-refractivity contribution in [1.29, 1.82) is 0 Å². The van der Waals surface area contributed by atoms with E-state index in [4.69, 9.17) is 11.6 Å². The van der Waals surface area contributed by atoms with Crippen molar-refractivity contribution in [2.45, 2.75) is 65.7 Å². The van der Waals surface area contributed by atoms with Gasteiger partial charge in [-0.25, -0.2) is 0 Å². The predicted molar refractivity (Wildman–Crippen MR) is 108 cm³/mol. The van der Waals surface area contributed by atoms with Crippen LogP contribution in [0.5, 0.6) is 0 Å². The van der Waals surface area contributed by atoms with Gasteiger partial charge in [-0.2, -0.15) is 0 Å². The largest absolute Gasteiger partial charge is 0.358 e. The molecule has 1 aromatic carbocycles. The van der Waals surface area contributed by atoms with E-state index in [-0.39, 0.29) is 0 Å². The Bertz CT molecular complexity index is 721. The molecule has 0 saturated carbocycles. The molecule has 0 aliphatic heterocycles. The number of rotatable bonds is 8. The smallest absolute Gasteiger partial charge is 0.0460 e. The summed E-state index contributed by atoms with van der Waals surface area (Å²) in [6.45, 7) is 8.88. The number of halogens is 1. The summed E-state index contributed by atoms with van der Waals surface area (Å²) in [5.74, 6) is 0.366. The Hall–Kier alpha value is -1.47. The van der Waals surface area contributed by atoms with E-state index in [2.05, 4.69) is 63.0 Å². The zero-order valence-electron chi connectivity index (χ0n) is 15.5. The van der Waals surface area contributed by atoms with Crippen LogP contribution >= 0.6 is 11.6 Å². The number of aryl methyl sites for hydroxylation is 1. The van der Waals surface area contributed by atoms with E-state index >= 15 is 0 Å². The van der Waals surface area contributed by atoms with E-state index in [0.717, 1.165) is 17.9 Å². The Morgan fingerprint density at radius 3 is 2.71 bits per heavy atom. The minimum atomic E-state index is 0.366. The normalized spacial score (nSPS) is 14.0. The highest BCUT2D eigenvalue weighted by molar-refractivity contribution is 6.31. The first-order valence-electron chi connectivity index (χ1n) is 9.25. The van der Waals surface area contributed by atoms with Crippen molar-refractivity contribution >= 4 is 22.5 Å². The maximum absolute atomic E-state index is 6.26. The van der Waals surface area contributed by atoms with Gasteiger partial charge in [0.25, 0.3) is 0 Å². The van der Waals surface area contributed by atoms with Crippen LogP contribution < -0.4 is 0 Å². The Morgan fingerprint density at radius 2 is 2.04 bits per heavy atom. The van der Waals surface area contributed by atoms with E-state index in [1.54, 1.807) is 0 Å². The van der Waals surface area contributed by atoms with Gasteiger partial charge in [-0.1, -0.05) is 63.4 Å². The van der Waals surface area contributed by atoms with Gasteiger partial charge in [0, 0.05) is 27.5 Å². The van der Waals surface area contributed by atoms with Crippen LogP contribution in [0.25, 0.3) is 10.9 Å². The second-order valence-corrected chi connectivity index (χ2v) is 6.96. The standard InChI is InChI=1S/C22H30ClN/c1-5-8-11-17(10-7-3)16(4)22-19(12-9-6-2)20-15-18(23)13-14-21(20)24-22/h7,10-11,13-16,24H,5-6,8-9,12H2,1-4H3/b10-7-,17-11+/t16-/m0/s1. The molecule has 2 heteroatoms. The van der Waals surface area contributed by atoms with Gasteiger partial charge in [0.1, 0.15) is 0 Å². The van der Waals surface area contributed by atoms with Crippen molar-refractivity contribution < 1.29 is 0 Å². The Labute approximate surface area is 151 Å². The summed E-state index contributed by atoms with van der Waals surface area (Å²) < 4.78 is 0. The number of H-pyrrole nitrogens is 1. The van der Waals surface area contributed by atoms with Gasteiger partial charge in [0.05, 0.1) is 0 Å². The highest BCUT2D eigenvalue weighted by Crippen LogP contribution is 2.34. The average molecular weight is 344 g/mol. The molecule has 1 aromatic heterocycles. The highest BCUT2D eigenvalue weighted by atomic mass is 35.5. The van der Waals surface area contributed by atoms with Crippen molar-refractivity contribution in [1.82, 2.24) is 4.98 Å². The fourth-order valence-corrected chi connectivity index (χ4v) is 3.46. The minimum absolute atomic E-state index is 0.366. The van der Waals surface area contributed by atoms with Gasteiger partial charge >= 0.3 is 0 Å². The summed E-state index contributed by atoms with van der Waals surface area (Å²) in [5, 5.41) is 2.10.